The molecule has 9 heterocycles. The van der Waals surface area contributed by atoms with E-state index in [0.29, 0.717) is 89.1 Å². The van der Waals surface area contributed by atoms with Crippen LogP contribution in [-0.4, -0.2) is 159 Å². The summed E-state index contributed by atoms with van der Waals surface area (Å²) >= 11 is 12.5. The van der Waals surface area contributed by atoms with Gasteiger partial charge in [0.25, 0.3) is 0 Å². The van der Waals surface area contributed by atoms with Gasteiger partial charge in [0, 0.05) is 90.9 Å². The molecule has 10 aromatic rings. The number of carbonyl (C=O) groups is 6. The van der Waals surface area contributed by atoms with Crippen LogP contribution in [0.2, 0.25) is 0 Å². The van der Waals surface area contributed by atoms with Crippen molar-refractivity contribution in [2.24, 2.45) is 0 Å². The number of nitrogens with zero attached hydrogens (tertiary/aromatic N) is 14. The predicted octanol–water partition coefficient (Wildman–Crippen LogP) is 20.3. The van der Waals surface area contributed by atoms with Gasteiger partial charge in [-0.25, -0.2) is 58.7 Å². The molecular weight excluding hydrogens is 1760 g/mol. The highest BCUT2D eigenvalue weighted by molar-refractivity contribution is 9.10. The molecule has 0 aliphatic carbocycles. The molecule has 2 aliphatic rings. The average Bonchev–Trinajstić information content (AvgIpc) is 1.31. The van der Waals surface area contributed by atoms with Gasteiger partial charge in [-0.2, -0.15) is 20.0 Å². The Bertz CT molecular complexity index is 5410. The number of ether oxygens (including phenoxy) is 8. The number of aromatic nitrogens is 10. The van der Waals surface area contributed by atoms with Gasteiger partial charge in [-0.05, 0) is 212 Å². The number of nitriles is 1. The average molecular weight is 1860 g/mol. The Morgan fingerprint density at radius 1 is 0.424 bits per heavy atom. The fourth-order valence-electron chi connectivity index (χ4n) is 11.6. The number of benzene rings is 3. The van der Waals surface area contributed by atoms with Gasteiger partial charge in [0.15, 0.2) is 51.8 Å². The Morgan fingerprint density at radius 2 is 0.736 bits per heavy atom. The number of anilines is 3. The van der Waals surface area contributed by atoms with Crippen LogP contribution in [0, 0.1) is 11.3 Å². The maximum Gasteiger partial charge on any atom is 0.425 e. The second-order valence-electron chi connectivity index (χ2n) is 35.5. The van der Waals surface area contributed by atoms with Gasteiger partial charge in [0.05, 0.1) is 54.7 Å². The maximum atomic E-state index is 13.6. The lowest BCUT2D eigenvalue weighted by Crippen LogP contribution is -2.44. The topological polar surface area (TPSA) is 402 Å². The maximum absolute atomic E-state index is 13.6. The van der Waals surface area contributed by atoms with Crippen molar-refractivity contribution in [3.63, 3.8) is 0 Å². The third-order valence-corrected chi connectivity index (χ3v) is 18.5. The lowest BCUT2D eigenvalue weighted by molar-refractivity contribution is 0.0406. The fraction of sp³-hybridized carbons (Fsp3) is 0.427. The molecule has 125 heavy (non-hydrogen) atoms. The van der Waals surface area contributed by atoms with E-state index in [-0.39, 0.29) is 51.8 Å². The summed E-state index contributed by atoms with van der Waals surface area (Å²) < 4.78 is 61.7. The van der Waals surface area contributed by atoms with E-state index in [9.17, 15) is 34.0 Å². The first-order valence-corrected chi connectivity index (χ1v) is 42.2. The number of pyridine rings is 1. The van der Waals surface area contributed by atoms with E-state index < -0.39 is 75.6 Å². The monoisotopic (exact) mass is 1860 g/mol. The summed E-state index contributed by atoms with van der Waals surface area (Å²) in [6.07, 6.45) is 1.83. The number of alkyl halides is 1. The Kier molecular flexibility index (Phi) is 30.8. The number of imide groups is 3. The fourth-order valence-corrected chi connectivity index (χ4v) is 12.4. The third kappa shape index (κ3) is 27.5. The molecule has 33 nitrogen and oxygen atoms in total. The molecule has 2 saturated heterocycles. The molecule has 7 aromatic heterocycles. The Balaban J connectivity index is 0.000000199. The zero-order chi connectivity index (χ0) is 91.3. The number of hydrogen-bond acceptors (Lipinski definition) is 30. The first-order valence-electron chi connectivity index (χ1n) is 40.0. The van der Waals surface area contributed by atoms with E-state index in [1.165, 1.54) is 18.6 Å². The van der Waals surface area contributed by atoms with Gasteiger partial charge in [-0.1, -0.05) is 88.3 Å². The molecule has 0 saturated carbocycles. The van der Waals surface area contributed by atoms with Gasteiger partial charge in [0.1, 0.15) is 59.9 Å². The third-order valence-electron chi connectivity index (χ3n) is 17.5. The molecule has 0 unspecified atom stereocenters. The van der Waals surface area contributed by atoms with Crippen LogP contribution in [0.4, 0.5) is 46.2 Å². The van der Waals surface area contributed by atoms with Crippen LogP contribution in [-0.2, 0) is 62.3 Å². The summed E-state index contributed by atoms with van der Waals surface area (Å²) in [7, 11) is 0. The standard InChI is InChI=1S/C37H43N7O6.C28H34BrN5O6.C24H26BrClN4O5/c1-35(2,3)48-33(45)44(34(46)49-36(4,5)6)32-31(42-28(20-41-32)25-13-15-39-30(17-25)37(7,8)22-38)29-18-27(43-50-29)24-11-9-23(10-12-24)19-40-26-14-16-47-21-26;1-27(2,3)38-25(35)34(26(36)39-28(4,5)6)24-23(32-22(29)15-31-24)21-13-20(33-40-21)18-9-7-17(8-10-18)14-30-19-11-12-37-16-19;1-23(2,3)33-21(31)30(22(32)34-24(4,5)6)20-19(28-18(25)13-27-20)17-11-16(29-35-17)15-9-7-14(12-26)8-10-15/h9-13,15,17-18,20,26,40H,14,16,19,21H2,1-8H3;7-10,13,15,19,30H,11-12,14,16H2,1-6H3;7-11,13H,12H2,1-6H3/t26-;19-;/m00./s1. The van der Waals surface area contributed by atoms with E-state index in [4.69, 9.17) is 68.0 Å². The van der Waals surface area contributed by atoms with Gasteiger partial charge in [-0.3, -0.25) is 4.98 Å². The van der Waals surface area contributed by atoms with Crippen molar-refractivity contribution in [3.8, 4) is 85.5 Å². The molecule has 3 aromatic carbocycles. The molecular formula is C89H103Br2ClN16O17. The summed E-state index contributed by atoms with van der Waals surface area (Å²) in [5, 5.41) is 29.3. The highest BCUT2D eigenvalue weighted by Gasteiger charge is 2.41. The Morgan fingerprint density at radius 3 is 1.03 bits per heavy atom. The van der Waals surface area contributed by atoms with Crippen molar-refractivity contribution in [3.05, 3.63) is 160 Å². The predicted molar refractivity (Wildman–Crippen MR) is 473 cm³/mol. The largest absolute Gasteiger partial charge is 0.443 e. The Labute approximate surface area is 746 Å². The van der Waals surface area contributed by atoms with Gasteiger partial charge in [-0.15, -0.1) is 11.6 Å². The molecule has 12 rings (SSSR count). The lowest BCUT2D eigenvalue weighted by Gasteiger charge is -2.28. The molecule has 2 N–H and O–H groups in total. The second-order valence-corrected chi connectivity index (χ2v) is 37.4. The van der Waals surface area contributed by atoms with E-state index in [1.807, 2.05) is 72.8 Å². The number of hydrogen-bond donors (Lipinski definition) is 2. The summed E-state index contributed by atoms with van der Waals surface area (Å²) in [4.78, 5) is 113. The van der Waals surface area contributed by atoms with Gasteiger partial charge >= 0.3 is 36.6 Å². The minimum absolute atomic E-state index is 0.0375. The lowest BCUT2D eigenvalue weighted by atomic mass is 9.90. The molecule has 2 fully saturated rings. The highest BCUT2D eigenvalue weighted by Crippen LogP contribution is 2.39. The smallest absolute Gasteiger partial charge is 0.425 e. The van der Waals surface area contributed by atoms with Crippen molar-refractivity contribution in [2.75, 3.05) is 41.1 Å². The first-order chi connectivity index (χ1) is 58.6. The minimum atomic E-state index is -1.01. The first kappa shape index (κ1) is 95.7. The van der Waals surface area contributed by atoms with Crippen molar-refractivity contribution >= 4 is 97.5 Å². The SMILES string of the molecule is CC(C)(C)OC(=O)N(C(=O)OC(C)(C)C)c1ncc(-c2ccnc(C(C)(C)C#N)c2)nc1-c1cc(-c2ccc(CN[C@H]3CCOC3)cc2)no1.CC(C)(C)OC(=O)N(C(=O)OC(C)(C)C)c1ncc(Br)nc1-c1cc(-c2ccc(CCl)cc2)no1.CC(C)(C)OC(=O)N(C(=O)OC(C)(C)C)c1ncc(Br)nc1-c1cc(-c2ccc(CN[C@H]3CCOC3)cc2)no1. The molecule has 662 valence electrons. The van der Waals surface area contributed by atoms with Crippen molar-refractivity contribution in [1.29, 1.82) is 5.26 Å². The van der Waals surface area contributed by atoms with Crippen molar-refractivity contribution in [2.45, 2.75) is 221 Å². The Hall–Kier alpha value is -11.5. The van der Waals surface area contributed by atoms with E-state index in [2.05, 4.69) is 93.9 Å². The normalized spacial score (nSPS) is 14.3. The van der Waals surface area contributed by atoms with Crippen LogP contribution >= 0.6 is 43.5 Å². The van der Waals surface area contributed by atoms with E-state index in [1.54, 1.807) is 175 Å². The van der Waals surface area contributed by atoms with Crippen LogP contribution in [0.5, 0.6) is 0 Å². The van der Waals surface area contributed by atoms with Crippen LogP contribution in [0.15, 0.2) is 151 Å². The number of carbonyl (C=O) groups excluding carboxylic acids is 6. The minimum Gasteiger partial charge on any atom is -0.443 e. The van der Waals surface area contributed by atoms with Crippen LogP contribution in [0.1, 0.15) is 174 Å². The molecule has 2 aliphatic heterocycles. The molecule has 0 bridgehead atoms. The number of rotatable bonds is 18. The number of amides is 6. The quantitative estimate of drug-likeness (QED) is 0.0595. The number of halogens is 3. The summed E-state index contributed by atoms with van der Waals surface area (Å²) in [6.45, 7) is 38.4. The van der Waals surface area contributed by atoms with Gasteiger partial charge < -0.3 is 62.1 Å². The van der Waals surface area contributed by atoms with Crippen molar-refractivity contribution in [1.82, 2.24) is 61.0 Å². The second kappa shape index (κ2) is 40.2. The summed E-state index contributed by atoms with van der Waals surface area (Å²) in [5.74, 6) is 0.491. The molecule has 0 radical (unpaired) electrons. The van der Waals surface area contributed by atoms with Crippen LogP contribution in [0.25, 0.3) is 79.4 Å². The van der Waals surface area contributed by atoms with Gasteiger partial charge in [0.2, 0.25) is 0 Å². The zero-order valence-corrected chi connectivity index (χ0v) is 77.4. The number of nitrogens with one attached hydrogen (secondary N) is 2. The molecule has 6 amide bonds. The summed E-state index contributed by atoms with van der Waals surface area (Å²) in [6, 6.07) is 34.8. The molecule has 36 heteroatoms. The molecule has 0 spiro atoms. The van der Waals surface area contributed by atoms with Crippen molar-refractivity contribution < 1.29 is 80.2 Å². The summed E-state index contributed by atoms with van der Waals surface area (Å²) in [5.41, 5.74) is 2.62. The van der Waals surface area contributed by atoms with Crippen LogP contribution < -0.4 is 25.3 Å². The van der Waals surface area contributed by atoms with E-state index >= 15 is 0 Å². The zero-order valence-electron chi connectivity index (χ0n) is 73.5. The van der Waals surface area contributed by atoms with E-state index in [0.717, 1.165) is 72.6 Å². The molecule has 2 atom stereocenters. The highest BCUT2D eigenvalue weighted by atomic mass is 79.9. The van der Waals surface area contributed by atoms with Crippen LogP contribution in [0.3, 0.4) is 0 Å².